The topological polar surface area (TPSA) is 36.2 Å². The van der Waals surface area contributed by atoms with Gasteiger partial charge in [0.05, 0.1) is 7.11 Å². The van der Waals surface area contributed by atoms with Crippen molar-refractivity contribution in [2.24, 2.45) is 0 Å². The predicted molar refractivity (Wildman–Crippen MR) is 84.9 cm³/mol. The summed E-state index contributed by atoms with van der Waals surface area (Å²) in [5.41, 5.74) is 1.10. The van der Waals surface area contributed by atoms with Crippen LogP contribution in [-0.4, -0.2) is 7.11 Å². The SMILES string of the molecule is COc1ccc(/C=C(\F)c2ccc3ccccc3[n+]2[O-])cc1. The summed E-state index contributed by atoms with van der Waals surface area (Å²) in [6.07, 6.45) is 1.33. The highest BCUT2D eigenvalue weighted by molar-refractivity contribution is 5.79. The first-order valence-corrected chi connectivity index (χ1v) is 6.82. The van der Waals surface area contributed by atoms with Crippen molar-refractivity contribution in [2.75, 3.05) is 7.11 Å². The minimum atomic E-state index is -0.578. The van der Waals surface area contributed by atoms with E-state index in [1.807, 2.05) is 12.1 Å². The summed E-state index contributed by atoms with van der Waals surface area (Å²) >= 11 is 0. The number of ether oxygens (including phenoxy) is 1. The van der Waals surface area contributed by atoms with E-state index in [-0.39, 0.29) is 5.69 Å². The van der Waals surface area contributed by atoms with Gasteiger partial charge >= 0.3 is 0 Å². The van der Waals surface area contributed by atoms with Crippen molar-refractivity contribution in [3.8, 4) is 5.75 Å². The Morgan fingerprint density at radius 2 is 1.77 bits per heavy atom. The molecule has 0 aliphatic heterocycles. The van der Waals surface area contributed by atoms with Crippen LogP contribution in [0.2, 0.25) is 0 Å². The second-order valence-corrected chi connectivity index (χ2v) is 4.84. The molecule has 0 aliphatic carbocycles. The molecule has 2 aromatic carbocycles. The van der Waals surface area contributed by atoms with Gasteiger partial charge in [-0.15, -0.1) is 0 Å². The van der Waals surface area contributed by atoms with E-state index >= 15 is 0 Å². The number of benzene rings is 2. The first-order chi connectivity index (χ1) is 10.7. The number of para-hydroxylation sites is 1. The molecule has 22 heavy (non-hydrogen) atoms. The minimum Gasteiger partial charge on any atom is -0.618 e. The average molecular weight is 295 g/mol. The quantitative estimate of drug-likeness (QED) is 0.542. The van der Waals surface area contributed by atoms with Gasteiger partial charge in [0.15, 0.2) is 5.83 Å². The molecule has 0 radical (unpaired) electrons. The predicted octanol–water partition coefficient (Wildman–Crippen LogP) is 3.95. The van der Waals surface area contributed by atoms with Crippen molar-refractivity contribution < 1.29 is 13.9 Å². The van der Waals surface area contributed by atoms with Gasteiger partial charge in [-0.2, -0.15) is 9.12 Å². The molecule has 3 nitrogen and oxygen atoms in total. The fourth-order valence-corrected chi connectivity index (χ4v) is 2.28. The zero-order chi connectivity index (χ0) is 15.5. The van der Waals surface area contributed by atoms with Gasteiger partial charge in [-0.25, -0.2) is 0 Å². The monoisotopic (exact) mass is 295 g/mol. The van der Waals surface area contributed by atoms with Crippen LogP contribution in [0.25, 0.3) is 22.8 Å². The van der Waals surface area contributed by atoms with Gasteiger partial charge in [-0.05, 0) is 35.9 Å². The number of aromatic nitrogens is 1. The molecule has 3 rings (SSSR count). The third kappa shape index (κ3) is 2.63. The standard InChI is InChI=1S/C18H14FNO2/c1-22-15-9-6-13(7-10-15)12-16(19)18-11-8-14-4-2-3-5-17(14)20(18)21/h2-12H,1H3/b16-12-. The van der Waals surface area contributed by atoms with Crippen LogP contribution < -0.4 is 9.47 Å². The molecule has 0 N–H and O–H groups in total. The molecule has 0 saturated carbocycles. The second-order valence-electron chi connectivity index (χ2n) is 4.84. The van der Waals surface area contributed by atoms with E-state index in [1.54, 1.807) is 49.6 Å². The molecule has 3 aromatic rings. The lowest BCUT2D eigenvalue weighted by Gasteiger charge is -2.06. The van der Waals surface area contributed by atoms with E-state index in [1.165, 1.54) is 12.1 Å². The summed E-state index contributed by atoms with van der Waals surface area (Å²) in [7, 11) is 1.57. The van der Waals surface area contributed by atoms with Crippen molar-refractivity contribution >= 4 is 22.8 Å². The normalized spacial score (nSPS) is 11.6. The Morgan fingerprint density at radius 3 is 2.50 bits per heavy atom. The van der Waals surface area contributed by atoms with Crippen LogP contribution in [0.15, 0.2) is 60.7 Å². The van der Waals surface area contributed by atoms with Gasteiger partial charge in [0.2, 0.25) is 5.52 Å². The maximum atomic E-state index is 14.4. The summed E-state index contributed by atoms with van der Waals surface area (Å²) in [5, 5.41) is 13.1. The lowest BCUT2D eigenvalue weighted by molar-refractivity contribution is -0.580. The number of methoxy groups -OCH3 is 1. The van der Waals surface area contributed by atoms with Crippen LogP contribution in [0.3, 0.4) is 0 Å². The van der Waals surface area contributed by atoms with E-state index in [0.29, 0.717) is 21.6 Å². The number of nitrogens with zero attached hydrogens (tertiary/aromatic N) is 1. The summed E-state index contributed by atoms with van der Waals surface area (Å²) in [4.78, 5) is 0. The fourth-order valence-electron chi connectivity index (χ4n) is 2.28. The van der Waals surface area contributed by atoms with Crippen LogP contribution in [0.5, 0.6) is 5.75 Å². The Balaban J connectivity index is 2.02. The van der Waals surface area contributed by atoms with Gasteiger partial charge in [0.1, 0.15) is 5.75 Å². The van der Waals surface area contributed by atoms with Crippen LogP contribution >= 0.6 is 0 Å². The fraction of sp³-hybridized carbons (Fsp3) is 0.0556. The number of fused-ring (bicyclic) bond motifs is 1. The van der Waals surface area contributed by atoms with E-state index in [2.05, 4.69) is 0 Å². The van der Waals surface area contributed by atoms with Crippen LogP contribution in [-0.2, 0) is 0 Å². The third-order valence-corrected chi connectivity index (χ3v) is 3.45. The maximum Gasteiger partial charge on any atom is 0.253 e. The first kappa shape index (κ1) is 14.1. The van der Waals surface area contributed by atoms with E-state index in [9.17, 15) is 9.60 Å². The van der Waals surface area contributed by atoms with Gasteiger partial charge in [-0.1, -0.05) is 24.3 Å². The number of hydrogen-bond acceptors (Lipinski definition) is 2. The third-order valence-electron chi connectivity index (χ3n) is 3.45. The zero-order valence-electron chi connectivity index (χ0n) is 12.0. The largest absolute Gasteiger partial charge is 0.618 e. The summed E-state index contributed by atoms with van der Waals surface area (Å²) < 4.78 is 20.1. The van der Waals surface area contributed by atoms with Crippen molar-refractivity contribution in [2.45, 2.75) is 0 Å². The number of rotatable bonds is 3. The van der Waals surface area contributed by atoms with Gasteiger partial charge in [0, 0.05) is 17.5 Å². The van der Waals surface area contributed by atoms with Crippen LogP contribution in [0.4, 0.5) is 4.39 Å². The summed E-state index contributed by atoms with van der Waals surface area (Å²) in [6.45, 7) is 0. The van der Waals surface area contributed by atoms with Crippen LogP contribution in [0, 0.1) is 5.21 Å². The van der Waals surface area contributed by atoms with Crippen molar-refractivity contribution in [3.63, 3.8) is 0 Å². The Bertz CT molecular complexity index is 841. The lowest BCUT2D eigenvalue weighted by Crippen LogP contribution is -2.31. The van der Waals surface area contributed by atoms with Gasteiger partial charge in [-0.3, -0.25) is 0 Å². The van der Waals surface area contributed by atoms with Crippen molar-refractivity contribution in [3.05, 3.63) is 77.1 Å². The van der Waals surface area contributed by atoms with Crippen molar-refractivity contribution in [1.29, 1.82) is 0 Å². The molecule has 4 heteroatoms. The van der Waals surface area contributed by atoms with E-state index in [4.69, 9.17) is 4.74 Å². The van der Waals surface area contributed by atoms with Gasteiger partial charge < -0.3 is 9.94 Å². The zero-order valence-corrected chi connectivity index (χ0v) is 12.0. The molecule has 1 heterocycles. The molecule has 0 unspecified atom stereocenters. The number of hydrogen-bond donors (Lipinski definition) is 0. The molecule has 0 bridgehead atoms. The van der Waals surface area contributed by atoms with Gasteiger partial charge in [0.25, 0.3) is 5.69 Å². The maximum absolute atomic E-state index is 14.4. The molecule has 0 spiro atoms. The Kier molecular flexibility index (Phi) is 3.74. The molecular formula is C18H14FNO2. The minimum absolute atomic E-state index is 0.00508. The molecule has 0 atom stereocenters. The Hall–Kier alpha value is -2.88. The molecule has 0 aliphatic rings. The molecule has 0 saturated heterocycles. The van der Waals surface area contributed by atoms with Crippen LogP contribution in [0.1, 0.15) is 11.3 Å². The molecule has 1 aromatic heterocycles. The lowest BCUT2D eigenvalue weighted by atomic mass is 10.1. The Morgan fingerprint density at radius 1 is 1.05 bits per heavy atom. The second kappa shape index (κ2) is 5.85. The van der Waals surface area contributed by atoms with E-state index < -0.39 is 5.83 Å². The summed E-state index contributed by atoms with van der Waals surface area (Å²) in [5.74, 6) is 0.119. The molecule has 0 fully saturated rings. The highest BCUT2D eigenvalue weighted by Crippen LogP contribution is 2.21. The van der Waals surface area contributed by atoms with Crippen molar-refractivity contribution in [1.82, 2.24) is 0 Å². The molecule has 110 valence electrons. The molecule has 0 amide bonds. The number of pyridine rings is 1. The average Bonchev–Trinajstić information content (AvgIpc) is 2.56. The van der Waals surface area contributed by atoms with E-state index in [0.717, 1.165) is 5.39 Å². The molecular weight excluding hydrogens is 281 g/mol. The highest BCUT2D eigenvalue weighted by Gasteiger charge is 2.14. The first-order valence-electron chi connectivity index (χ1n) is 6.82. The summed E-state index contributed by atoms with van der Waals surface area (Å²) in [6, 6.07) is 17.3. The highest BCUT2D eigenvalue weighted by atomic mass is 19.1. The number of halogens is 1. The smallest absolute Gasteiger partial charge is 0.253 e. The Labute approximate surface area is 127 Å².